The zero-order valence-electron chi connectivity index (χ0n) is 19.7. The number of carbonyl (C=O) groups is 3. The van der Waals surface area contributed by atoms with Crippen LogP contribution < -0.4 is 10.6 Å². The predicted octanol–water partition coefficient (Wildman–Crippen LogP) is 4.60. The van der Waals surface area contributed by atoms with Crippen LogP contribution in [0.5, 0.6) is 0 Å². The highest BCUT2D eigenvalue weighted by Crippen LogP contribution is 2.44. The Balaban J connectivity index is 1.42. The van der Waals surface area contributed by atoms with Crippen LogP contribution in [0.1, 0.15) is 69.4 Å². The minimum absolute atomic E-state index is 0.0721. The zero-order valence-corrected chi connectivity index (χ0v) is 19.7. The van der Waals surface area contributed by atoms with Crippen LogP contribution in [0, 0.1) is 0 Å². The van der Waals surface area contributed by atoms with Crippen molar-refractivity contribution < 1.29 is 24.2 Å². The predicted molar refractivity (Wildman–Crippen MR) is 128 cm³/mol. The highest BCUT2D eigenvalue weighted by atomic mass is 16.5. The summed E-state index contributed by atoms with van der Waals surface area (Å²) < 4.78 is 5.62. The van der Waals surface area contributed by atoms with Gasteiger partial charge in [0.05, 0.1) is 12.0 Å². The Morgan fingerprint density at radius 3 is 2.12 bits per heavy atom. The zero-order chi connectivity index (χ0) is 24.3. The summed E-state index contributed by atoms with van der Waals surface area (Å²) >= 11 is 0. The molecule has 2 amide bonds. The van der Waals surface area contributed by atoms with Crippen molar-refractivity contribution in [1.29, 1.82) is 0 Å². The van der Waals surface area contributed by atoms with Gasteiger partial charge < -0.3 is 20.5 Å². The van der Waals surface area contributed by atoms with E-state index in [4.69, 9.17) is 4.74 Å². The number of carboxylic acid groups (broad SMARTS) is 1. The van der Waals surface area contributed by atoms with Gasteiger partial charge in [-0.2, -0.15) is 0 Å². The molecule has 7 heteroatoms. The van der Waals surface area contributed by atoms with Crippen LogP contribution in [-0.2, 0) is 14.3 Å². The third-order valence-electron chi connectivity index (χ3n) is 7.36. The molecule has 34 heavy (non-hydrogen) atoms. The van der Waals surface area contributed by atoms with E-state index in [1.54, 1.807) is 6.92 Å². The number of rotatable bonds is 8. The van der Waals surface area contributed by atoms with Crippen LogP contribution in [0.25, 0.3) is 11.1 Å². The maximum Gasteiger partial charge on any atom is 0.408 e. The fraction of sp³-hybridized carbons (Fsp3) is 0.444. The van der Waals surface area contributed by atoms with Gasteiger partial charge >= 0.3 is 12.1 Å². The molecule has 0 spiro atoms. The van der Waals surface area contributed by atoms with E-state index in [2.05, 4.69) is 22.8 Å². The maximum atomic E-state index is 13.2. The molecule has 0 saturated heterocycles. The number of carboxylic acids is 1. The number of nitrogens with one attached hydrogen (secondary N) is 2. The molecule has 1 unspecified atom stereocenters. The van der Waals surface area contributed by atoms with Gasteiger partial charge in [-0.3, -0.25) is 9.59 Å². The van der Waals surface area contributed by atoms with Crippen molar-refractivity contribution in [3.8, 4) is 11.1 Å². The lowest BCUT2D eigenvalue weighted by molar-refractivity contribution is -0.139. The van der Waals surface area contributed by atoms with E-state index in [0.29, 0.717) is 19.3 Å². The fourth-order valence-electron chi connectivity index (χ4n) is 5.23. The topological polar surface area (TPSA) is 105 Å². The van der Waals surface area contributed by atoms with Crippen LogP contribution in [0.2, 0.25) is 0 Å². The Bertz CT molecular complexity index is 1050. The molecular weight excluding hydrogens is 432 g/mol. The minimum Gasteiger partial charge on any atom is -0.481 e. The lowest BCUT2D eigenvalue weighted by atomic mass is 9.90. The molecule has 2 aliphatic carbocycles. The summed E-state index contributed by atoms with van der Waals surface area (Å²) in [6.07, 6.45) is 2.54. The summed E-state index contributed by atoms with van der Waals surface area (Å²) in [6.45, 7) is 3.61. The standard InChI is InChI=1S/C27H32N2O5/c1-3-26(2,24(32)28-27(16-23(30)31)14-8-9-15-27)29-25(33)34-17-22-20-12-6-4-10-18(20)19-11-5-7-13-21(19)22/h4-7,10-13,22H,3,8-9,14-17H2,1-2H3,(H,28,32)(H,29,33)(H,30,31). The number of carbonyl (C=O) groups excluding carboxylic acids is 2. The number of aliphatic carboxylic acids is 1. The second kappa shape index (κ2) is 9.49. The summed E-state index contributed by atoms with van der Waals surface area (Å²) in [5, 5.41) is 15.0. The minimum atomic E-state index is -1.21. The molecule has 0 bridgehead atoms. The fourth-order valence-corrected chi connectivity index (χ4v) is 5.23. The average Bonchev–Trinajstić information content (AvgIpc) is 3.39. The van der Waals surface area contributed by atoms with Crippen LogP contribution >= 0.6 is 0 Å². The molecule has 1 saturated carbocycles. The van der Waals surface area contributed by atoms with Crippen LogP contribution in [0.15, 0.2) is 48.5 Å². The molecule has 1 atom stereocenters. The van der Waals surface area contributed by atoms with Gasteiger partial charge in [0.15, 0.2) is 0 Å². The number of alkyl carbamates (subject to hydrolysis) is 1. The third-order valence-corrected chi connectivity index (χ3v) is 7.36. The largest absolute Gasteiger partial charge is 0.481 e. The normalized spacial score (nSPS) is 17.8. The van der Waals surface area contributed by atoms with Crippen LogP contribution in [0.3, 0.4) is 0 Å². The number of hydrogen-bond acceptors (Lipinski definition) is 4. The number of amides is 2. The number of benzene rings is 2. The lowest BCUT2D eigenvalue weighted by Gasteiger charge is -2.35. The van der Waals surface area contributed by atoms with Crippen molar-refractivity contribution in [1.82, 2.24) is 10.6 Å². The lowest BCUT2D eigenvalue weighted by Crippen LogP contribution is -2.61. The van der Waals surface area contributed by atoms with Gasteiger partial charge in [-0.15, -0.1) is 0 Å². The quantitative estimate of drug-likeness (QED) is 0.530. The van der Waals surface area contributed by atoms with E-state index in [1.807, 2.05) is 43.3 Å². The molecule has 0 aliphatic heterocycles. The molecule has 7 nitrogen and oxygen atoms in total. The summed E-state index contributed by atoms with van der Waals surface area (Å²) in [5.41, 5.74) is 2.54. The van der Waals surface area contributed by atoms with Crippen molar-refractivity contribution in [3.63, 3.8) is 0 Å². The summed E-state index contributed by atoms with van der Waals surface area (Å²) in [4.78, 5) is 37.4. The van der Waals surface area contributed by atoms with Gasteiger partial charge in [0.25, 0.3) is 0 Å². The van der Waals surface area contributed by atoms with Gasteiger partial charge in [-0.1, -0.05) is 68.3 Å². The van der Waals surface area contributed by atoms with E-state index < -0.39 is 23.1 Å². The maximum absolute atomic E-state index is 13.2. The van der Waals surface area contributed by atoms with Crippen molar-refractivity contribution in [2.45, 2.75) is 69.4 Å². The van der Waals surface area contributed by atoms with E-state index in [1.165, 1.54) is 0 Å². The Labute approximate surface area is 199 Å². The molecule has 2 aromatic carbocycles. The van der Waals surface area contributed by atoms with Crippen LogP contribution in [0.4, 0.5) is 4.79 Å². The molecule has 2 aliphatic rings. The van der Waals surface area contributed by atoms with E-state index in [9.17, 15) is 19.5 Å². The molecule has 0 radical (unpaired) electrons. The second-order valence-electron chi connectivity index (χ2n) is 9.65. The first kappa shape index (κ1) is 23.8. The number of ether oxygens (including phenoxy) is 1. The summed E-state index contributed by atoms with van der Waals surface area (Å²) in [7, 11) is 0. The van der Waals surface area contributed by atoms with Crippen molar-refractivity contribution in [2.24, 2.45) is 0 Å². The van der Waals surface area contributed by atoms with Gasteiger partial charge in [0.2, 0.25) is 5.91 Å². The second-order valence-corrected chi connectivity index (χ2v) is 9.65. The van der Waals surface area contributed by atoms with Gasteiger partial charge in [-0.25, -0.2) is 4.79 Å². The highest BCUT2D eigenvalue weighted by molar-refractivity contribution is 5.90. The van der Waals surface area contributed by atoms with Crippen molar-refractivity contribution >= 4 is 18.0 Å². The van der Waals surface area contributed by atoms with Crippen LogP contribution in [-0.4, -0.2) is 40.8 Å². The molecule has 3 N–H and O–H groups in total. The first-order chi connectivity index (χ1) is 16.3. The Hall–Kier alpha value is -3.35. The molecule has 1 fully saturated rings. The number of fused-ring (bicyclic) bond motifs is 3. The summed E-state index contributed by atoms with van der Waals surface area (Å²) in [6, 6.07) is 16.2. The first-order valence-electron chi connectivity index (χ1n) is 11.9. The average molecular weight is 465 g/mol. The Morgan fingerprint density at radius 2 is 1.59 bits per heavy atom. The van der Waals surface area contributed by atoms with Crippen molar-refractivity contribution in [2.75, 3.05) is 6.61 Å². The van der Waals surface area contributed by atoms with Gasteiger partial charge in [-0.05, 0) is 48.4 Å². The molecule has 0 heterocycles. The molecule has 180 valence electrons. The van der Waals surface area contributed by atoms with E-state index in [-0.39, 0.29) is 24.9 Å². The molecular formula is C27H32N2O5. The SMILES string of the molecule is CCC(C)(NC(=O)OCC1c2ccccc2-c2ccccc21)C(=O)NC1(CC(=O)O)CCCC1. The highest BCUT2D eigenvalue weighted by Gasteiger charge is 2.43. The molecule has 2 aromatic rings. The summed E-state index contributed by atoms with van der Waals surface area (Å²) in [5.74, 6) is -1.39. The first-order valence-corrected chi connectivity index (χ1v) is 11.9. The molecule has 4 rings (SSSR count). The molecule has 0 aromatic heterocycles. The van der Waals surface area contributed by atoms with E-state index >= 15 is 0 Å². The monoisotopic (exact) mass is 464 g/mol. The van der Waals surface area contributed by atoms with E-state index in [0.717, 1.165) is 35.1 Å². The number of hydrogen-bond donors (Lipinski definition) is 3. The Kier molecular flexibility index (Phi) is 6.64. The van der Waals surface area contributed by atoms with Gasteiger partial charge in [0, 0.05) is 5.92 Å². The third kappa shape index (κ3) is 4.65. The Morgan fingerprint density at radius 1 is 1.03 bits per heavy atom. The smallest absolute Gasteiger partial charge is 0.408 e. The van der Waals surface area contributed by atoms with Crippen molar-refractivity contribution in [3.05, 3.63) is 59.7 Å². The van der Waals surface area contributed by atoms with Gasteiger partial charge in [0.1, 0.15) is 12.1 Å².